The molecule has 64 heavy (non-hydrogen) atoms. The molecule has 0 aliphatic carbocycles. The summed E-state index contributed by atoms with van der Waals surface area (Å²) in [7, 11) is 0. The Hall–Kier alpha value is -3.26. The van der Waals surface area contributed by atoms with Gasteiger partial charge in [-0.05, 0) is 87.0 Å². The number of unbranched alkanes of at least 4 members (excludes halogenated alkanes) is 15. The molecule has 0 aromatic heterocycles. The van der Waals surface area contributed by atoms with Crippen molar-refractivity contribution in [1.29, 1.82) is 0 Å². The first-order valence-corrected chi connectivity index (χ1v) is 24.0. The van der Waals surface area contributed by atoms with Crippen molar-refractivity contribution < 1.29 is 48.3 Å². The molecule has 366 valence electrons. The third kappa shape index (κ3) is 29.3. The van der Waals surface area contributed by atoms with E-state index < -0.39 is 12.2 Å². The molecule has 2 rings (SSSR count). The lowest BCUT2D eigenvalue weighted by atomic mass is 10.1. The Labute approximate surface area is 396 Å². The number of carbonyl (C=O) groups is 4. The molecule has 0 saturated carbocycles. The number of hydrogen-bond donors (Lipinski definition) is 4. The Morgan fingerprint density at radius 3 is 0.906 bits per heavy atom. The van der Waals surface area contributed by atoms with E-state index >= 15 is 0 Å². The van der Waals surface area contributed by atoms with Crippen LogP contribution in [0, 0.1) is 0 Å². The molecule has 4 N–H and O–H groups in total. The van der Waals surface area contributed by atoms with Crippen LogP contribution in [0.15, 0.2) is 36.4 Å². The number of carbonyl (C=O) groups excluding carboxylic acids is 4. The van der Waals surface area contributed by atoms with Crippen molar-refractivity contribution in [3.8, 4) is 23.0 Å². The summed E-state index contributed by atoms with van der Waals surface area (Å²) in [6, 6.07) is 9.59. The monoisotopic (exact) mass is 941 g/mol. The highest BCUT2D eigenvalue weighted by Gasteiger charge is 2.17. The molecular weight excluding hydrogens is 859 g/mol. The summed E-state index contributed by atoms with van der Waals surface area (Å²) in [5.41, 5.74) is 0.993. The SMILES string of the molecule is CCCCCCC(=O)Oc1cc(OC(=O)CCCCCC)cc(C(O)CNCCCCCCNCC(O)c2cc(OC(=O)CCCCCC)cc(OC(=O)CCCCCC)c2)c1.Cl.Cl. The molecule has 2 aromatic carbocycles. The van der Waals surface area contributed by atoms with E-state index in [-0.39, 0.29) is 84.8 Å². The van der Waals surface area contributed by atoms with Crippen molar-refractivity contribution in [1.82, 2.24) is 10.6 Å². The van der Waals surface area contributed by atoms with Crippen LogP contribution in [0.3, 0.4) is 0 Å². The molecule has 2 unspecified atom stereocenters. The largest absolute Gasteiger partial charge is 0.426 e. The molecule has 0 aliphatic heterocycles. The van der Waals surface area contributed by atoms with Gasteiger partial charge in [-0.2, -0.15) is 0 Å². The van der Waals surface area contributed by atoms with Gasteiger partial charge in [-0.15, -0.1) is 24.8 Å². The average Bonchev–Trinajstić information content (AvgIpc) is 3.24. The molecule has 2 aromatic rings. The molecule has 0 amide bonds. The third-order valence-electron chi connectivity index (χ3n) is 10.6. The molecule has 0 heterocycles. The van der Waals surface area contributed by atoms with E-state index in [1.54, 1.807) is 24.3 Å². The molecule has 0 aliphatic rings. The van der Waals surface area contributed by atoms with Gasteiger partial charge >= 0.3 is 23.9 Å². The van der Waals surface area contributed by atoms with Crippen LogP contribution in [0.2, 0.25) is 0 Å². The number of nitrogens with one attached hydrogen (secondary N) is 2. The molecule has 0 bridgehead atoms. The number of benzene rings is 2. The summed E-state index contributed by atoms with van der Waals surface area (Å²) < 4.78 is 22.4. The fourth-order valence-electron chi connectivity index (χ4n) is 6.89. The number of aliphatic hydroxyl groups excluding tert-OH is 2. The number of rotatable bonds is 37. The zero-order chi connectivity index (χ0) is 45.2. The number of ether oxygens (including phenoxy) is 4. The quantitative estimate of drug-likeness (QED) is 0.0288. The lowest BCUT2D eigenvalue weighted by Crippen LogP contribution is -2.23. The molecule has 0 radical (unpaired) electrons. The standard InChI is InChI=1S/C50H80N2O10.2ClH/c1-5-9-13-19-25-47(55)59-41-31-39(32-42(35-41)60-48(56)26-20-14-10-6-2)45(53)37-51-29-23-17-18-24-30-52-38-46(54)40-33-43(61-49(57)27-21-15-11-7-3)36-44(34-40)62-50(58)28-22-16-12-8-4;;/h31-36,45-46,51-54H,5-30,37-38H2,1-4H3;2*1H. The van der Waals surface area contributed by atoms with E-state index in [2.05, 4.69) is 38.3 Å². The first-order chi connectivity index (χ1) is 30.1. The lowest BCUT2D eigenvalue weighted by molar-refractivity contribution is -0.136. The summed E-state index contributed by atoms with van der Waals surface area (Å²) >= 11 is 0. The van der Waals surface area contributed by atoms with E-state index in [9.17, 15) is 29.4 Å². The second kappa shape index (κ2) is 39.0. The van der Waals surface area contributed by atoms with Crippen LogP contribution in [-0.4, -0.2) is 60.3 Å². The minimum absolute atomic E-state index is 0. The van der Waals surface area contributed by atoms with E-state index in [0.717, 1.165) is 128 Å². The maximum atomic E-state index is 12.5. The highest BCUT2D eigenvalue weighted by Crippen LogP contribution is 2.29. The van der Waals surface area contributed by atoms with Gasteiger partial charge in [0.25, 0.3) is 0 Å². The van der Waals surface area contributed by atoms with Gasteiger partial charge in [0.15, 0.2) is 0 Å². The van der Waals surface area contributed by atoms with Gasteiger partial charge in [0.05, 0.1) is 12.2 Å². The van der Waals surface area contributed by atoms with Gasteiger partial charge in [-0.3, -0.25) is 19.2 Å². The van der Waals surface area contributed by atoms with Crippen molar-refractivity contribution in [2.45, 2.75) is 194 Å². The minimum Gasteiger partial charge on any atom is -0.426 e. The summed E-state index contributed by atoms with van der Waals surface area (Å²) in [5, 5.41) is 28.7. The second-order valence-electron chi connectivity index (χ2n) is 16.5. The van der Waals surface area contributed by atoms with Gasteiger partial charge in [-0.1, -0.05) is 118 Å². The van der Waals surface area contributed by atoms with Gasteiger partial charge in [-0.25, -0.2) is 0 Å². The van der Waals surface area contributed by atoms with Crippen molar-refractivity contribution in [3.05, 3.63) is 47.5 Å². The third-order valence-corrected chi connectivity index (χ3v) is 10.6. The van der Waals surface area contributed by atoms with Gasteiger partial charge < -0.3 is 39.8 Å². The Morgan fingerprint density at radius 2 is 0.656 bits per heavy atom. The number of halogens is 2. The maximum Gasteiger partial charge on any atom is 0.311 e. The highest BCUT2D eigenvalue weighted by molar-refractivity contribution is 5.85. The zero-order valence-corrected chi connectivity index (χ0v) is 41.0. The van der Waals surface area contributed by atoms with E-state index in [4.69, 9.17) is 18.9 Å². The molecule has 14 heteroatoms. The molecule has 12 nitrogen and oxygen atoms in total. The summed E-state index contributed by atoms with van der Waals surface area (Å²) in [6.45, 7) is 10.4. The summed E-state index contributed by atoms with van der Waals surface area (Å²) in [5.74, 6) is -0.420. The number of hydrogen-bond acceptors (Lipinski definition) is 12. The van der Waals surface area contributed by atoms with E-state index in [0.29, 0.717) is 49.9 Å². The van der Waals surface area contributed by atoms with Gasteiger partial charge in [0.2, 0.25) is 0 Å². The molecular formula is C50H82Cl2N2O10. The van der Waals surface area contributed by atoms with Crippen LogP contribution < -0.4 is 29.6 Å². The Bertz CT molecular complexity index is 1360. The van der Waals surface area contributed by atoms with Crippen molar-refractivity contribution >= 4 is 48.7 Å². The first kappa shape index (κ1) is 60.7. The number of aliphatic hydroxyl groups is 2. The Morgan fingerprint density at radius 1 is 0.406 bits per heavy atom. The van der Waals surface area contributed by atoms with Gasteiger partial charge in [0.1, 0.15) is 23.0 Å². The Balaban J connectivity index is 0.0000198. The predicted octanol–water partition coefficient (Wildman–Crippen LogP) is 11.5. The second-order valence-corrected chi connectivity index (χ2v) is 16.5. The number of esters is 4. The fraction of sp³-hybridized carbons (Fsp3) is 0.680. The van der Waals surface area contributed by atoms with Crippen LogP contribution in [-0.2, 0) is 19.2 Å². The van der Waals surface area contributed by atoms with Gasteiger partial charge in [0, 0.05) is 50.9 Å². The zero-order valence-electron chi connectivity index (χ0n) is 39.4. The lowest BCUT2D eigenvalue weighted by Gasteiger charge is -2.16. The first-order valence-electron chi connectivity index (χ1n) is 24.0. The van der Waals surface area contributed by atoms with Crippen molar-refractivity contribution in [2.24, 2.45) is 0 Å². The fourth-order valence-corrected chi connectivity index (χ4v) is 6.89. The van der Waals surface area contributed by atoms with Crippen LogP contribution in [0.5, 0.6) is 23.0 Å². The Kier molecular flexibility index (Phi) is 37.0. The average molecular weight is 942 g/mol. The molecule has 0 spiro atoms. The van der Waals surface area contributed by atoms with Crippen LogP contribution >= 0.6 is 24.8 Å². The topological polar surface area (TPSA) is 170 Å². The maximum absolute atomic E-state index is 12.5. The molecule has 0 fully saturated rings. The highest BCUT2D eigenvalue weighted by atomic mass is 35.5. The predicted molar refractivity (Wildman–Crippen MR) is 259 cm³/mol. The van der Waals surface area contributed by atoms with Crippen LogP contribution in [0.25, 0.3) is 0 Å². The van der Waals surface area contributed by atoms with Crippen LogP contribution in [0.4, 0.5) is 0 Å². The van der Waals surface area contributed by atoms with E-state index in [1.807, 2.05) is 0 Å². The van der Waals surface area contributed by atoms with Crippen molar-refractivity contribution in [3.63, 3.8) is 0 Å². The van der Waals surface area contributed by atoms with Crippen LogP contribution in [0.1, 0.15) is 205 Å². The summed E-state index contributed by atoms with van der Waals surface area (Å²) in [6.07, 6.45) is 18.4. The molecule has 0 saturated heterocycles. The van der Waals surface area contributed by atoms with E-state index in [1.165, 1.54) is 12.1 Å². The minimum atomic E-state index is -0.905. The van der Waals surface area contributed by atoms with Crippen molar-refractivity contribution in [2.75, 3.05) is 26.2 Å². The smallest absolute Gasteiger partial charge is 0.311 e. The normalized spacial score (nSPS) is 11.8. The summed E-state index contributed by atoms with van der Waals surface area (Å²) in [4.78, 5) is 50.2. The molecule has 2 atom stereocenters.